The van der Waals surface area contributed by atoms with E-state index in [1.807, 2.05) is 0 Å². The Hall–Kier alpha value is -3.32. The lowest BCUT2D eigenvalue weighted by Crippen LogP contribution is -2.25. The number of hydrogen-bond acceptors (Lipinski definition) is 4. The predicted molar refractivity (Wildman–Crippen MR) is 104 cm³/mol. The third kappa shape index (κ3) is 6.16. The maximum absolute atomic E-state index is 11.9. The summed E-state index contributed by atoms with van der Waals surface area (Å²) in [5.41, 5.74) is 1.37. The number of benzene rings is 2. The van der Waals surface area contributed by atoms with Gasteiger partial charge in [0.2, 0.25) is 0 Å². The summed E-state index contributed by atoms with van der Waals surface area (Å²) in [4.78, 5) is 23.4. The van der Waals surface area contributed by atoms with Gasteiger partial charge in [-0.15, -0.1) is 0 Å². The van der Waals surface area contributed by atoms with Gasteiger partial charge in [0.05, 0.1) is 5.41 Å². The molecule has 0 aliphatic heterocycles. The standard InChI is InChI=1S/C23H22O4/c1-16(2)21(24)26-19-12-8-17(9-13-19)6-7-18-10-14-20(15-11-18)27-22(25)23(3,4)5/h8-15H,1H2,2-5H3. The van der Waals surface area contributed by atoms with Gasteiger partial charge < -0.3 is 9.47 Å². The fourth-order valence-corrected chi connectivity index (χ4v) is 1.81. The number of carbonyl (C=O) groups is 2. The quantitative estimate of drug-likeness (QED) is 0.349. The summed E-state index contributed by atoms with van der Waals surface area (Å²) in [5, 5.41) is 0. The van der Waals surface area contributed by atoms with Crippen LogP contribution in [0, 0.1) is 17.3 Å². The lowest BCUT2D eigenvalue weighted by Gasteiger charge is -2.16. The second-order valence-electron chi connectivity index (χ2n) is 7.11. The minimum absolute atomic E-state index is 0.284. The van der Waals surface area contributed by atoms with E-state index in [0.717, 1.165) is 11.1 Å². The molecule has 0 atom stereocenters. The van der Waals surface area contributed by atoms with Crippen molar-refractivity contribution in [1.29, 1.82) is 0 Å². The molecule has 0 fully saturated rings. The van der Waals surface area contributed by atoms with Gasteiger partial charge in [-0.2, -0.15) is 0 Å². The highest BCUT2D eigenvalue weighted by atomic mass is 16.5. The topological polar surface area (TPSA) is 52.6 Å². The largest absolute Gasteiger partial charge is 0.426 e. The van der Waals surface area contributed by atoms with Crippen molar-refractivity contribution in [3.8, 4) is 23.3 Å². The molecule has 0 aliphatic rings. The number of ether oxygens (including phenoxy) is 2. The Morgan fingerprint density at radius 2 is 1.22 bits per heavy atom. The zero-order valence-electron chi connectivity index (χ0n) is 16.0. The van der Waals surface area contributed by atoms with E-state index in [4.69, 9.17) is 9.47 Å². The van der Waals surface area contributed by atoms with E-state index in [0.29, 0.717) is 17.1 Å². The van der Waals surface area contributed by atoms with Crippen LogP contribution in [0.3, 0.4) is 0 Å². The average Bonchev–Trinajstić information content (AvgIpc) is 2.61. The van der Waals surface area contributed by atoms with Gasteiger partial charge >= 0.3 is 11.9 Å². The normalized spacial score (nSPS) is 10.4. The molecule has 138 valence electrons. The molecule has 2 aromatic carbocycles. The zero-order chi connectivity index (χ0) is 20.0. The molecule has 0 bridgehead atoms. The molecule has 0 spiro atoms. The maximum Gasteiger partial charge on any atom is 0.338 e. The van der Waals surface area contributed by atoms with Crippen LogP contribution in [0.2, 0.25) is 0 Å². The Bertz CT molecular complexity index is 902. The fraction of sp³-hybridized carbons (Fsp3) is 0.217. The molecule has 0 N–H and O–H groups in total. The Kier molecular flexibility index (Phi) is 6.20. The number of esters is 2. The van der Waals surface area contributed by atoms with Crippen molar-refractivity contribution in [2.75, 3.05) is 0 Å². The summed E-state index contributed by atoms with van der Waals surface area (Å²) in [6.45, 7) is 10.6. The Balaban J connectivity index is 2.02. The zero-order valence-corrected chi connectivity index (χ0v) is 16.0. The summed E-state index contributed by atoms with van der Waals surface area (Å²) in [6, 6.07) is 13.9. The van der Waals surface area contributed by atoms with Crippen LogP contribution in [0.25, 0.3) is 0 Å². The number of rotatable bonds is 3. The first-order chi connectivity index (χ1) is 12.6. The van der Waals surface area contributed by atoms with Crippen LogP contribution >= 0.6 is 0 Å². The Labute approximate surface area is 159 Å². The van der Waals surface area contributed by atoms with Crippen molar-refractivity contribution in [2.45, 2.75) is 27.7 Å². The van der Waals surface area contributed by atoms with Gasteiger partial charge in [0, 0.05) is 16.7 Å². The minimum Gasteiger partial charge on any atom is -0.426 e. The number of hydrogen-bond donors (Lipinski definition) is 0. The molecule has 27 heavy (non-hydrogen) atoms. The van der Waals surface area contributed by atoms with Crippen LogP contribution in [0.15, 0.2) is 60.7 Å². The summed E-state index contributed by atoms with van der Waals surface area (Å²) in [5.74, 6) is 6.26. The first kappa shape index (κ1) is 20.0. The third-order valence-electron chi connectivity index (χ3n) is 3.44. The highest BCUT2D eigenvalue weighted by Gasteiger charge is 2.23. The van der Waals surface area contributed by atoms with E-state index in [1.165, 1.54) is 0 Å². The van der Waals surface area contributed by atoms with E-state index in [9.17, 15) is 9.59 Å². The second-order valence-corrected chi connectivity index (χ2v) is 7.11. The molecule has 0 amide bonds. The molecule has 0 aliphatic carbocycles. The first-order valence-corrected chi connectivity index (χ1v) is 8.47. The van der Waals surface area contributed by atoms with Crippen molar-refractivity contribution in [2.24, 2.45) is 5.41 Å². The van der Waals surface area contributed by atoms with Crippen LogP contribution in [0.4, 0.5) is 0 Å². The van der Waals surface area contributed by atoms with Crippen LogP contribution < -0.4 is 9.47 Å². The van der Waals surface area contributed by atoms with Crippen molar-refractivity contribution < 1.29 is 19.1 Å². The Morgan fingerprint density at radius 3 is 1.59 bits per heavy atom. The smallest absolute Gasteiger partial charge is 0.338 e. The van der Waals surface area contributed by atoms with E-state index in [2.05, 4.69) is 18.4 Å². The molecule has 0 unspecified atom stereocenters. The van der Waals surface area contributed by atoms with Crippen molar-refractivity contribution in [3.05, 3.63) is 71.8 Å². The van der Waals surface area contributed by atoms with Gasteiger partial charge in [0.25, 0.3) is 0 Å². The molecule has 2 rings (SSSR count). The predicted octanol–water partition coefficient (Wildman–Crippen LogP) is 4.52. The fourth-order valence-electron chi connectivity index (χ4n) is 1.81. The van der Waals surface area contributed by atoms with E-state index < -0.39 is 11.4 Å². The van der Waals surface area contributed by atoms with Gasteiger partial charge in [-0.25, -0.2) is 4.79 Å². The van der Waals surface area contributed by atoms with Gasteiger partial charge in [0.15, 0.2) is 0 Å². The van der Waals surface area contributed by atoms with Crippen LogP contribution in [-0.2, 0) is 9.59 Å². The van der Waals surface area contributed by atoms with Gasteiger partial charge in [0.1, 0.15) is 11.5 Å². The average molecular weight is 362 g/mol. The molecule has 4 heteroatoms. The molecule has 0 saturated heterocycles. The van der Waals surface area contributed by atoms with Crippen molar-refractivity contribution in [3.63, 3.8) is 0 Å². The van der Waals surface area contributed by atoms with Gasteiger partial charge in [-0.05, 0) is 76.2 Å². The highest BCUT2D eigenvalue weighted by Crippen LogP contribution is 2.19. The van der Waals surface area contributed by atoms with Gasteiger partial charge in [-0.3, -0.25) is 4.79 Å². The van der Waals surface area contributed by atoms with Crippen molar-refractivity contribution in [1.82, 2.24) is 0 Å². The molecule has 0 heterocycles. The molecule has 0 aromatic heterocycles. The molecular weight excluding hydrogens is 340 g/mol. The molecule has 0 saturated carbocycles. The molecule has 2 aromatic rings. The lowest BCUT2D eigenvalue weighted by molar-refractivity contribution is -0.143. The van der Waals surface area contributed by atoms with Crippen LogP contribution in [0.1, 0.15) is 38.8 Å². The lowest BCUT2D eigenvalue weighted by atomic mass is 9.97. The van der Waals surface area contributed by atoms with E-state index in [-0.39, 0.29) is 5.97 Å². The number of carbonyl (C=O) groups excluding carboxylic acids is 2. The summed E-state index contributed by atoms with van der Waals surface area (Å²) >= 11 is 0. The van der Waals surface area contributed by atoms with Gasteiger partial charge in [-0.1, -0.05) is 18.4 Å². The van der Waals surface area contributed by atoms with E-state index in [1.54, 1.807) is 76.2 Å². The maximum atomic E-state index is 11.9. The van der Waals surface area contributed by atoms with Crippen LogP contribution in [0.5, 0.6) is 11.5 Å². The van der Waals surface area contributed by atoms with Crippen LogP contribution in [-0.4, -0.2) is 11.9 Å². The first-order valence-electron chi connectivity index (χ1n) is 8.47. The third-order valence-corrected chi connectivity index (χ3v) is 3.44. The molecule has 4 nitrogen and oxygen atoms in total. The highest BCUT2D eigenvalue weighted by molar-refractivity contribution is 5.88. The van der Waals surface area contributed by atoms with E-state index >= 15 is 0 Å². The summed E-state index contributed by atoms with van der Waals surface area (Å²) < 4.78 is 10.5. The SMILES string of the molecule is C=C(C)C(=O)Oc1ccc(C#Cc2ccc(OC(=O)C(C)(C)C)cc2)cc1. The second kappa shape index (κ2) is 8.37. The molecule has 0 radical (unpaired) electrons. The van der Waals surface area contributed by atoms with Crippen molar-refractivity contribution >= 4 is 11.9 Å². The monoisotopic (exact) mass is 362 g/mol. The molecular formula is C23H22O4. The summed E-state index contributed by atoms with van der Waals surface area (Å²) in [7, 11) is 0. The minimum atomic E-state index is -0.552. The Morgan fingerprint density at radius 1 is 0.815 bits per heavy atom. The summed E-state index contributed by atoms with van der Waals surface area (Å²) in [6.07, 6.45) is 0.